The molecule has 4 aromatic rings. The van der Waals surface area contributed by atoms with Crippen LogP contribution >= 0.6 is 0 Å². The van der Waals surface area contributed by atoms with Crippen molar-refractivity contribution in [2.24, 2.45) is 10.4 Å². The van der Waals surface area contributed by atoms with Crippen molar-refractivity contribution in [2.75, 3.05) is 0 Å². The van der Waals surface area contributed by atoms with Gasteiger partial charge in [0.25, 0.3) is 0 Å². The van der Waals surface area contributed by atoms with Crippen LogP contribution in [0.25, 0.3) is 11.1 Å². The van der Waals surface area contributed by atoms with Crippen molar-refractivity contribution in [3.63, 3.8) is 0 Å². The summed E-state index contributed by atoms with van der Waals surface area (Å²) >= 11 is 0. The zero-order chi connectivity index (χ0) is 34.8. The van der Waals surface area contributed by atoms with Gasteiger partial charge in [-0.15, -0.1) is 0 Å². The summed E-state index contributed by atoms with van der Waals surface area (Å²) in [5.41, 5.74) is 14.1. The first kappa shape index (κ1) is 33.8. The first-order chi connectivity index (χ1) is 23.6. The van der Waals surface area contributed by atoms with E-state index in [0.29, 0.717) is 5.56 Å². The quantitative estimate of drug-likeness (QED) is 0.151. The van der Waals surface area contributed by atoms with Crippen LogP contribution in [0.5, 0.6) is 5.75 Å². The molecule has 0 radical (unpaired) electrons. The lowest BCUT2D eigenvalue weighted by molar-refractivity contribution is 0.331. The summed E-state index contributed by atoms with van der Waals surface area (Å²) in [4.78, 5) is 4.64. The number of allylic oxidation sites excluding steroid dienone is 7. The molecule has 49 heavy (non-hydrogen) atoms. The van der Waals surface area contributed by atoms with E-state index in [4.69, 9.17) is 0 Å². The number of phenolic OH excluding ortho intramolecular Hbond substituents is 1. The Hall–Kier alpha value is -5.13. The van der Waals surface area contributed by atoms with Crippen LogP contribution < -0.4 is 0 Å². The number of aromatic hydroxyl groups is 1. The Balaban J connectivity index is 1.29. The summed E-state index contributed by atoms with van der Waals surface area (Å²) in [7, 11) is 0. The largest absolute Gasteiger partial charge is 0.507 e. The second-order valence-corrected chi connectivity index (χ2v) is 14.6. The molecule has 0 saturated carbocycles. The van der Waals surface area contributed by atoms with Gasteiger partial charge < -0.3 is 5.11 Å². The van der Waals surface area contributed by atoms with E-state index >= 15 is 0 Å². The Morgan fingerprint density at radius 2 is 1.53 bits per heavy atom. The normalized spacial score (nSPS) is 15.8. The molecule has 0 aliphatic heterocycles. The Morgan fingerprint density at radius 3 is 2.14 bits per heavy atom. The summed E-state index contributed by atoms with van der Waals surface area (Å²) in [5, 5.41) is 10.8. The number of hydrogen-bond acceptors (Lipinski definition) is 2. The van der Waals surface area contributed by atoms with Gasteiger partial charge in [-0.05, 0) is 107 Å². The van der Waals surface area contributed by atoms with Gasteiger partial charge in [-0.2, -0.15) is 0 Å². The Labute approximate surface area is 293 Å². The van der Waals surface area contributed by atoms with E-state index in [-0.39, 0.29) is 22.5 Å². The third kappa shape index (κ3) is 6.51. The molecular weight excluding hydrogens is 595 g/mol. The van der Waals surface area contributed by atoms with Gasteiger partial charge in [0.2, 0.25) is 0 Å². The van der Waals surface area contributed by atoms with Crippen LogP contribution in [0, 0.1) is 17.3 Å². The van der Waals surface area contributed by atoms with Crippen molar-refractivity contribution in [3.05, 3.63) is 166 Å². The molecule has 2 heteroatoms. The van der Waals surface area contributed by atoms with Gasteiger partial charge in [-0.25, -0.2) is 0 Å². The van der Waals surface area contributed by atoms with E-state index in [2.05, 4.69) is 126 Å². The molecular formula is C47H47NO. The molecule has 0 saturated heterocycles. The molecule has 2 nitrogen and oxygen atoms in total. The van der Waals surface area contributed by atoms with Crippen molar-refractivity contribution in [2.45, 2.75) is 72.1 Å². The molecule has 0 fully saturated rings. The average Bonchev–Trinajstić information content (AvgIpc) is 3.61. The molecule has 1 atom stereocenters. The van der Waals surface area contributed by atoms with Gasteiger partial charge in [0, 0.05) is 35.1 Å². The van der Waals surface area contributed by atoms with Crippen LogP contribution in [-0.4, -0.2) is 11.3 Å². The van der Waals surface area contributed by atoms with Crippen LogP contribution in [0.15, 0.2) is 143 Å². The van der Waals surface area contributed by atoms with E-state index in [9.17, 15) is 5.11 Å². The number of rotatable bonds is 8. The molecule has 0 bridgehead atoms. The molecule has 2 aliphatic rings. The lowest BCUT2D eigenvalue weighted by atomic mass is 9.63. The van der Waals surface area contributed by atoms with E-state index < -0.39 is 0 Å². The standard InChI is InChI=1S/C47H47NO/c1-8-17-37-34(9-2)30-32(3)43(37)47(7,44-40-22-12-10-20-38(40)39-21-11-13-23-41(39)44)29-15-14-18-33-25-27-36(28-26-33)48-31-35-19-16-24-42(45(35)49)46(4,5)6/h8-13,16-17,19-28,31,44,49H,2,15,29-30H2,1,3-7H3/b17-8-,48-31+. The third-order valence-electron chi connectivity index (χ3n) is 10.2. The predicted molar refractivity (Wildman–Crippen MR) is 208 cm³/mol. The number of hydrogen-bond donors (Lipinski definition) is 1. The maximum Gasteiger partial charge on any atom is 0.128 e. The number of benzene rings is 4. The second-order valence-electron chi connectivity index (χ2n) is 14.6. The molecule has 1 N–H and O–H groups in total. The molecule has 4 aromatic carbocycles. The Kier molecular flexibility index (Phi) is 9.49. The molecule has 0 spiro atoms. The zero-order valence-corrected chi connectivity index (χ0v) is 29.8. The minimum Gasteiger partial charge on any atom is -0.507 e. The number of aliphatic imine (C=N–C) groups is 1. The highest BCUT2D eigenvalue weighted by Crippen LogP contribution is 2.60. The topological polar surface area (TPSA) is 32.6 Å². The van der Waals surface area contributed by atoms with Crippen LogP contribution in [-0.2, 0) is 5.41 Å². The number of para-hydroxylation sites is 1. The van der Waals surface area contributed by atoms with E-state index in [1.807, 2.05) is 48.5 Å². The minimum atomic E-state index is -0.185. The average molecular weight is 642 g/mol. The maximum atomic E-state index is 10.8. The van der Waals surface area contributed by atoms with Crippen LogP contribution in [0.3, 0.4) is 0 Å². The fourth-order valence-corrected chi connectivity index (χ4v) is 7.98. The van der Waals surface area contributed by atoms with Crippen molar-refractivity contribution in [1.29, 1.82) is 0 Å². The van der Waals surface area contributed by atoms with Crippen molar-refractivity contribution in [1.82, 2.24) is 0 Å². The van der Waals surface area contributed by atoms with E-state index in [1.165, 1.54) is 44.5 Å². The highest BCUT2D eigenvalue weighted by molar-refractivity contribution is 5.86. The van der Waals surface area contributed by atoms with Crippen LogP contribution in [0.1, 0.15) is 94.5 Å². The molecule has 246 valence electrons. The minimum absolute atomic E-state index is 0.148. The van der Waals surface area contributed by atoms with Gasteiger partial charge in [-0.1, -0.05) is 131 Å². The van der Waals surface area contributed by atoms with Gasteiger partial charge in [0.05, 0.1) is 5.69 Å². The Bertz CT molecular complexity index is 2040. The molecule has 0 heterocycles. The smallest absolute Gasteiger partial charge is 0.128 e. The van der Waals surface area contributed by atoms with Gasteiger partial charge in [0.1, 0.15) is 5.75 Å². The third-order valence-corrected chi connectivity index (χ3v) is 10.2. The van der Waals surface area contributed by atoms with Gasteiger partial charge >= 0.3 is 0 Å². The van der Waals surface area contributed by atoms with Crippen molar-refractivity contribution < 1.29 is 5.11 Å². The fraction of sp³-hybridized carbons (Fsp3) is 0.255. The summed E-state index contributed by atoms with van der Waals surface area (Å²) in [6.07, 6.45) is 10.8. The summed E-state index contributed by atoms with van der Waals surface area (Å²) in [5.74, 6) is 7.49. The summed E-state index contributed by atoms with van der Waals surface area (Å²) in [6, 6.07) is 31.8. The second kappa shape index (κ2) is 13.8. The van der Waals surface area contributed by atoms with E-state index in [1.54, 1.807) is 6.21 Å². The number of phenols is 1. The fourth-order valence-electron chi connectivity index (χ4n) is 7.98. The lowest BCUT2D eigenvalue weighted by Crippen LogP contribution is -2.29. The molecule has 0 aromatic heterocycles. The lowest BCUT2D eigenvalue weighted by Gasteiger charge is -2.40. The number of fused-ring (bicyclic) bond motifs is 3. The first-order valence-electron chi connectivity index (χ1n) is 17.4. The van der Waals surface area contributed by atoms with Crippen molar-refractivity contribution in [3.8, 4) is 28.7 Å². The maximum absolute atomic E-state index is 10.8. The SMILES string of the molecule is C=CC1=C(/C=C\C)C(C(C)(CCC#Cc2ccc(/N=C/c3cccc(C(C)(C)C)c3O)cc2)C2c3ccccc3-c3ccccc32)=C(C)C1. The predicted octanol–water partition coefficient (Wildman–Crippen LogP) is 12.2. The summed E-state index contributed by atoms with van der Waals surface area (Å²) < 4.78 is 0. The molecule has 1 unspecified atom stereocenters. The highest BCUT2D eigenvalue weighted by atomic mass is 16.3. The number of nitrogens with zero attached hydrogens (tertiary/aromatic N) is 1. The molecule has 0 amide bonds. The van der Waals surface area contributed by atoms with Crippen molar-refractivity contribution >= 4 is 11.9 Å². The Morgan fingerprint density at radius 1 is 0.878 bits per heavy atom. The molecule has 6 rings (SSSR count). The zero-order valence-electron chi connectivity index (χ0n) is 29.8. The van der Waals surface area contributed by atoms with Crippen LogP contribution in [0.4, 0.5) is 5.69 Å². The van der Waals surface area contributed by atoms with Gasteiger partial charge in [-0.3, -0.25) is 4.99 Å². The monoisotopic (exact) mass is 641 g/mol. The van der Waals surface area contributed by atoms with Gasteiger partial charge in [0.15, 0.2) is 0 Å². The van der Waals surface area contributed by atoms with Crippen LogP contribution in [0.2, 0.25) is 0 Å². The first-order valence-corrected chi connectivity index (χ1v) is 17.4. The highest BCUT2D eigenvalue weighted by Gasteiger charge is 2.46. The van der Waals surface area contributed by atoms with E-state index in [0.717, 1.165) is 36.1 Å². The molecule has 2 aliphatic carbocycles. The summed E-state index contributed by atoms with van der Waals surface area (Å²) in [6.45, 7) is 17.4.